The summed E-state index contributed by atoms with van der Waals surface area (Å²) in [7, 11) is 0. The molecule has 3 nitrogen and oxygen atoms in total. The number of carbonyl (C=O) groups is 1. The number of hydrogen-bond donors (Lipinski definition) is 1. The van der Waals surface area contributed by atoms with E-state index in [9.17, 15) is 4.79 Å². The van der Waals surface area contributed by atoms with Crippen molar-refractivity contribution in [3.63, 3.8) is 0 Å². The maximum absolute atomic E-state index is 10.8. The van der Waals surface area contributed by atoms with E-state index in [1.165, 1.54) is 11.1 Å². The van der Waals surface area contributed by atoms with E-state index in [2.05, 4.69) is 20.8 Å². The lowest BCUT2D eigenvalue weighted by Crippen LogP contribution is -2.08. The minimum absolute atomic E-state index is 0.512. The molecular weight excluding hydrogens is 240 g/mol. The molecule has 0 atom stereocenters. The number of aryl methyl sites for hydroxylation is 1. The van der Waals surface area contributed by atoms with Gasteiger partial charge in [-0.15, -0.1) is 0 Å². The zero-order chi connectivity index (χ0) is 14.3. The summed E-state index contributed by atoms with van der Waals surface area (Å²) >= 11 is 0. The standard InChI is InChI=1S/C16H24O3/c1-4-6-8-13-12(3)10-11-15(19-16(17)18)14(13)9-7-5-2/h10-11H,4-9H2,1-3H3,(H,17,18). The Kier molecular flexibility index (Phi) is 6.40. The molecule has 0 radical (unpaired) electrons. The van der Waals surface area contributed by atoms with Gasteiger partial charge in [0.05, 0.1) is 0 Å². The van der Waals surface area contributed by atoms with E-state index in [4.69, 9.17) is 9.84 Å². The summed E-state index contributed by atoms with van der Waals surface area (Å²) in [5.74, 6) is 0.512. The minimum Gasteiger partial charge on any atom is -0.449 e. The highest BCUT2D eigenvalue weighted by molar-refractivity contribution is 5.63. The van der Waals surface area contributed by atoms with Gasteiger partial charge in [-0.25, -0.2) is 4.79 Å². The van der Waals surface area contributed by atoms with Crippen LogP contribution in [0.2, 0.25) is 0 Å². The Morgan fingerprint density at radius 2 is 1.68 bits per heavy atom. The molecule has 0 aliphatic heterocycles. The lowest BCUT2D eigenvalue weighted by Gasteiger charge is -2.16. The average molecular weight is 264 g/mol. The molecule has 0 saturated heterocycles. The van der Waals surface area contributed by atoms with Crippen molar-refractivity contribution in [2.24, 2.45) is 0 Å². The minimum atomic E-state index is -1.23. The van der Waals surface area contributed by atoms with Crippen LogP contribution in [0.3, 0.4) is 0 Å². The summed E-state index contributed by atoms with van der Waals surface area (Å²) in [5.41, 5.74) is 3.59. The van der Waals surface area contributed by atoms with Gasteiger partial charge in [-0.3, -0.25) is 0 Å². The first-order valence-electron chi connectivity index (χ1n) is 7.12. The van der Waals surface area contributed by atoms with Crippen molar-refractivity contribution < 1.29 is 14.6 Å². The fraction of sp³-hybridized carbons (Fsp3) is 0.562. The van der Waals surface area contributed by atoms with E-state index < -0.39 is 6.16 Å². The molecule has 0 unspecified atom stereocenters. The molecule has 0 amide bonds. The highest BCUT2D eigenvalue weighted by Gasteiger charge is 2.14. The second-order valence-electron chi connectivity index (χ2n) is 4.91. The molecule has 0 saturated carbocycles. The number of carboxylic acid groups (broad SMARTS) is 1. The molecule has 3 heteroatoms. The monoisotopic (exact) mass is 264 g/mol. The van der Waals surface area contributed by atoms with Crippen LogP contribution in [0.1, 0.15) is 56.2 Å². The molecule has 1 aromatic carbocycles. The van der Waals surface area contributed by atoms with Crippen LogP contribution in [-0.2, 0) is 12.8 Å². The summed E-state index contributed by atoms with van der Waals surface area (Å²) in [6.45, 7) is 6.39. The Morgan fingerprint density at radius 3 is 2.21 bits per heavy atom. The summed E-state index contributed by atoms with van der Waals surface area (Å²) in [6.07, 6.45) is 5.06. The lowest BCUT2D eigenvalue weighted by atomic mass is 9.93. The molecule has 1 aromatic rings. The molecule has 0 spiro atoms. The highest BCUT2D eigenvalue weighted by atomic mass is 16.7. The van der Waals surface area contributed by atoms with Gasteiger partial charge >= 0.3 is 6.16 Å². The van der Waals surface area contributed by atoms with Gasteiger partial charge in [0.2, 0.25) is 0 Å². The zero-order valence-electron chi connectivity index (χ0n) is 12.2. The zero-order valence-corrected chi connectivity index (χ0v) is 12.2. The summed E-state index contributed by atoms with van der Waals surface area (Å²) in [6, 6.07) is 3.74. The van der Waals surface area contributed by atoms with Gasteiger partial charge in [-0.05, 0) is 55.4 Å². The number of benzene rings is 1. The molecule has 19 heavy (non-hydrogen) atoms. The van der Waals surface area contributed by atoms with E-state index in [-0.39, 0.29) is 0 Å². The van der Waals surface area contributed by atoms with Gasteiger partial charge in [-0.2, -0.15) is 0 Å². The predicted molar refractivity (Wildman–Crippen MR) is 77.1 cm³/mol. The normalized spacial score (nSPS) is 10.5. The largest absolute Gasteiger partial charge is 0.511 e. The Balaban J connectivity index is 3.11. The second kappa shape index (κ2) is 7.82. The fourth-order valence-electron chi connectivity index (χ4n) is 2.31. The van der Waals surface area contributed by atoms with E-state index in [0.29, 0.717) is 5.75 Å². The number of hydrogen-bond acceptors (Lipinski definition) is 2. The van der Waals surface area contributed by atoms with Crippen LogP contribution >= 0.6 is 0 Å². The van der Waals surface area contributed by atoms with E-state index >= 15 is 0 Å². The van der Waals surface area contributed by atoms with Crippen LogP contribution in [0.5, 0.6) is 5.75 Å². The van der Waals surface area contributed by atoms with Crippen molar-refractivity contribution in [2.45, 2.75) is 59.3 Å². The smallest absolute Gasteiger partial charge is 0.449 e. The van der Waals surface area contributed by atoms with Crippen molar-refractivity contribution in [3.05, 3.63) is 28.8 Å². The second-order valence-corrected chi connectivity index (χ2v) is 4.91. The molecule has 0 bridgehead atoms. The first-order chi connectivity index (χ1) is 9.10. The van der Waals surface area contributed by atoms with Crippen LogP contribution < -0.4 is 4.74 Å². The Hall–Kier alpha value is -1.51. The van der Waals surface area contributed by atoms with Crippen LogP contribution in [0.25, 0.3) is 0 Å². The Labute approximate surface area is 115 Å². The third-order valence-electron chi connectivity index (χ3n) is 3.38. The van der Waals surface area contributed by atoms with Crippen LogP contribution in [0.4, 0.5) is 4.79 Å². The molecule has 106 valence electrons. The summed E-state index contributed by atoms with van der Waals surface area (Å²) in [4.78, 5) is 10.8. The maximum atomic E-state index is 10.8. The number of rotatable bonds is 7. The first-order valence-corrected chi connectivity index (χ1v) is 7.12. The fourth-order valence-corrected chi connectivity index (χ4v) is 2.31. The van der Waals surface area contributed by atoms with Gasteiger partial charge in [0.25, 0.3) is 0 Å². The quantitative estimate of drug-likeness (QED) is 0.571. The van der Waals surface area contributed by atoms with Crippen molar-refractivity contribution in [1.29, 1.82) is 0 Å². The van der Waals surface area contributed by atoms with E-state index in [0.717, 1.165) is 44.1 Å². The van der Waals surface area contributed by atoms with Gasteiger partial charge in [0.1, 0.15) is 5.75 Å². The summed E-state index contributed by atoms with van der Waals surface area (Å²) < 4.78 is 4.93. The van der Waals surface area contributed by atoms with Gasteiger partial charge < -0.3 is 9.84 Å². The van der Waals surface area contributed by atoms with Crippen molar-refractivity contribution in [1.82, 2.24) is 0 Å². The topological polar surface area (TPSA) is 46.5 Å². The molecule has 0 heterocycles. The van der Waals surface area contributed by atoms with Crippen LogP contribution in [0, 0.1) is 6.92 Å². The Bertz CT molecular complexity index is 424. The maximum Gasteiger partial charge on any atom is 0.511 e. The highest BCUT2D eigenvalue weighted by Crippen LogP contribution is 2.29. The molecule has 0 fully saturated rings. The molecule has 0 aromatic heterocycles. The van der Waals surface area contributed by atoms with Gasteiger partial charge in [0, 0.05) is 0 Å². The molecule has 1 N–H and O–H groups in total. The number of unbranched alkanes of at least 4 members (excludes halogenated alkanes) is 2. The number of ether oxygens (including phenoxy) is 1. The molecule has 1 rings (SSSR count). The van der Waals surface area contributed by atoms with E-state index in [1.807, 2.05) is 6.07 Å². The Morgan fingerprint density at radius 1 is 1.11 bits per heavy atom. The third kappa shape index (κ3) is 4.58. The SMILES string of the molecule is CCCCc1c(C)ccc(OC(=O)O)c1CCCC. The summed E-state index contributed by atoms with van der Waals surface area (Å²) in [5, 5.41) is 8.83. The molecule has 0 aliphatic carbocycles. The van der Waals surface area contributed by atoms with Crippen LogP contribution in [0.15, 0.2) is 12.1 Å². The first kappa shape index (κ1) is 15.5. The third-order valence-corrected chi connectivity index (χ3v) is 3.38. The van der Waals surface area contributed by atoms with Gasteiger partial charge in [0.15, 0.2) is 0 Å². The predicted octanol–water partition coefficient (Wildman–Crippen LogP) is 4.74. The van der Waals surface area contributed by atoms with Gasteiger partial charge in [-0.1, -0.05) is 32.8 Å². The van der Waals surface area contributed by atoms with Crippen LogP contribution in [-0.4, -0.2) is 11.3 Å². The van der Waals surface area contributed by atoms with E-state index in [1.54, 1.807) is 6.07 Å². The van der Waals surface area contributed by atoms with Crippen molar-refractivity contribution in [2.75, 3.05) is 0 Å². The molecular formula is C16H24O3. The van der Waals surface area contributed by atoms with Crippen molar-refractivity contribution in [3.8, 4) is 5.75 Å². The molecule has 0 aliphatic rings. The average Bonchev–Trinajstić information content (AvgIpc) is 2.37. The van der Waals surface area contributed by atoms with Crippen molar-refractivity contribution >= 4 is 6.16 Å². The lowest BCUT2D eigenvalue weighted by molar-refractivity contribution is 0.144.